The van der Waals surface area contributed by atoms with Crippen molar-refractivity contribution < 1.29 is 14.7 Å². The summed E-state index contributed by atoms with van der Waals surface area (Å²) in [6.07, 6.45) is 1.50. The topological polar surface area (TPSA) is 97.1 Å². The third-order valence-corrected chi connectivity index (χ3v) is 1.99. The number of hydrogen-bond acceptors (Lipinski definition) is 4. The van der Waals surface area contributed by atoms with Gasteiger partial charge in [0.15, 0.2) is 5.82 Å². The molecule has 0 aliphatic carbocycles. The Labute approximate surface area is 86.1 Å². The number of aliphatic carboxylic acids is 1. The lowest BCUT2D eigenvalue weighted by Crippen LogP contribution is -2.33. The summed E-state index contributed by atoms with van der Waals surface area (Å²) in [5.41, 5.74) is 0. The number of carbonyl (C=O) groups excluding carboxylic acids is 1. The predicted octanol–water partition coefficient (Wildman–Crippen LogP) is -0.848. The van der Waals surface area contributed by atoms with Crippen LogP contribution in [-0.4, -0.2) is 31.7 Å². The SMILES string of the molecule is CC(C(=O)O)C(=O)NCc1nncn1C. The van der Waals surface area contributed by atoms with Crippen LogP contribution in [0.2, 0.25) is 0 Å². The zero-order valence-electron chi connectivity index (χ0n) is 8.47. The standard InChI is InChI=1S/C8H12N4O3/c1-5(8(14)15)7(13)9-3-6-11-10-4-12(6)2/h4-5H,3H2,1-2H3,(H,9,13)(H,14,15). The van der Waals surface area contributed by atoms with E-state index in [4.69, 9.17) is 5.11 Å². The van der Waals surface area contributed by atoms with E-state index in [1.807, 2.05) is 0 Å². The lowest BCUT2D eigenvalue weighted by atomic mass is 10.2. The first-order valence-corrected chi connectivity index (χ1v) is 4.35. The highest BCUT2D eigenvalue weighted by molar-refractivity contribution is 5.96. The molecular weight excluding hydrogens is 200 g/mol. The van der Waals surface area contributed by atoms with Crippen molar-refractivity contribution in [3.63, 3.8) is 0 Å². The van der Waals surface area contributed by atoms with Crippen LogP contribution in [0.1, 0.15) is 12.7 Å². The zero-order valence-corrected chi connectivity index (χ0v) is 8.47. The predicted molar refractivity (Wildman–Crippen MR) is 49.6 cm³/mol. The number of aryl methyl sites for hydroxylation is 1. The van der Waals surface area contributed by atoms with Crippen LogP contribution in [0.4, 0.5) is 0 Å². The Morgan fingerprint density at radius 1 is 1.67 bits per heavy atom. The van der Waals surface area contributed by atoms with Crippen molar-refractivity contribution in [1.29, 1.82) is 0 Å². The highest BCUT2D eigenvalue weighted by atomic mass is 16.4. The van der Waals surface area contributed by atoms with Crippen LogP contribution in [0.3, 0.4) is 0 Å². The van der Waals surface area contributed by atoms with Crippen LogP contribution in [-0.2, 0) is 23.2 Å². The molecule has 1 heterocycles. The third-order valence-electron chi connectivity index (χ3n) is 1.99. The Morgan fingerprint density at radius 2 is 2.33 bits per heavy atom. The van der Waals surface area contributed by atoms with Crippen LogP contribution >= 0.6 is 0 Å². The van der Waals surface area contributed by atoms with E-state index < -0.39 is 17.8 Å². The summed E-state index contributed by atoms with van der Waals surface area (Å²) >= 11 is 0. The number of hydrogen-bond donors (Lipinski definition) is 2. The molecular formula is C8H12N4O3. The van der Waals surface area contributed by atoms with E-state index in [9.17, 15) is 9.59 Å². The lowest BCUT2D eigenvalue weighted by molar-refractivity contribution is -0.146. The van der Waals surface area contributed by atoms with Gasteiger partial charge in [-0.1, -0.05) is 0 Å². The van der Waals surface area contributed by atoms with Gasteiger partial charge in [-0.3, -0.25) is 9.59 Å². The summed E-state index contributed by atoms with van der Waals surface area (Å²) in [4.78, 5) is 21.7. The Balaban J connectivity index is 2.48. The van der Waals surface area contributed by atoms with E-state index in [-0.39, 0.29) is 6.54 Å². The summed E-state index contributed by atoms with van der Waals surface area (Å²) in [7, 11) is 1.74. The molecule has 15 heavy (non-hydrogen) atoms. The van der Waals surface area contributed by atoms with Crippen molar-refractivity contribution in [1.82, 2.24) is 20.1 Å². The van der Waals surface area contributed by atoms with Gasteiger partial charge in [-0.25, -0.2) is 0 Å². The molecule has 82 valence electrons. The van der Waals surface area contributed by atoms with Crippen LogP contribution in [0, 0.1) is 5.92 Å². The third kappa shape index (κ3) is 2.76. The van der Waals surface area contributed by atoms with E-state index in [1.54, 1.807) is 11.6 Å². The van der Waals surface area contributed by atoms with Gasteiger partial charge in [-0.2, -0.15) is 0 Å². The number of nitrogens with one attached hydrogen (secondary N) is 1. The molecule has 0 fully saturated rings. The van der Waals surface area contributed by atoms with Crippen molar-refractivity contribution in [2.24, 2.45) is 13.0 Å². The van der Waals surface area contributed by atoms with E-state index in [0.29, 0.717) is 5.82 Å². The molecule has 2 N–H and O–H groups in total. The number of amides is 1. The minimum absolute atomic E-state index is 0.174. The summed E-state index contributed by atoms with van der Waals surface area (Å²) in [5.74, 6) is -2.17. The van der Waals surface area contributed by atoms with E-state index in [1.165, 1.54) is 13.3 Å². The quantitative estimate of drug-likeness (QED) is 0.634. The Morgan fingerprint density at radius 3 is 2.80 bits per heavy atom. The molecule has 0 aliphatic heterocycles. The fourth-order valence-electron chi connectivity index (χ4n) is 0.899. The summed E-state index contributed by atoms with van der Waals surface area (Å²) in [6.45, 7) is 1.50. The highest BCUT2D eigenvalue weighted by Gasteiger charge is 2.20. The molecule has 0 saturated carbocycles. The van der Waals surface area contributed by atoms with E-state index in [2.05, 4.69) is 15.5 Å². The molecule has 1 rings (SSSR count). The fourth-order valence-corrected chi connectivity index (χ4v) is 0.899. The summed E-state index contributed by atoms with van der Waals surface area (Å²) in [6, 6.07) is 0. The van der Waals surface area contributed by atoms with Crippen LogP contribution in [0.25, 0.3) is 0 Å². The molecule has 0 saturated heterocycles. The van der Waals surface area contributed by atoms with Crippen LogP contribution in [0.5, 0.6) is 0 Å². The average Bonchev–Trinajstić information content (AvgIpc) is 2.59. The van der Waals surface area contributed by atoms with E-state index >= 15 is 0 Å². The van der Waals surface area contributed by atoms with Gasteiger partial charge in [0.05, 0.1) is 6.54 Å². The zero-order chi connectivity index (χ0) is 11.4. The largest absolute Gasteiger partial charge is 0.481 e. The molecule has 7 nitrogen and oxygen atoms in total. The number of carboxylic acid groups (broad SMARTS) is 1. The number of nitrogens with zero attached hydrogens (tertiary/aromatic N) is 3. The molecule has 0 aliphatic rings. The minimum atomic E-state index is -1.15. The maximum atomic E-state index is 11.2. The summed E-state index contributed by atoms with van der Waals surface area (Å²) in [5, 5.41) is 18.4. The first-order valence-electron chi connectivity index (χ1n) is 4.35. The molecule has 0 aromatic carbocycles. The number of rotatable bonds is 4. The van der Waals surface area contributed by atoms with Crippen LogP contribution < -0.4 is 5.32 Å². The van der Waals surface area contributed by atoms with Gasteiger partial charge in [0.2, 0.25) is 5.91 Å². The lowest BCUT2D eigenvalue weighted by Gasteiger charge is -2.07. The van der Waals surface area contributed by atoms with Gasteiger partial charge >= 0.3 is 5.97 Å². The van der Waals surface area contributed by atoms with Gasteiger partial charge < -0.3 is 15.0 Å². The fraction of sp³-hybridized carbons (Fsp3) is 0.500. The first kappa shape index (κ1) is 11.2. The van der Waals surface area contributed by atoms with Gasteiger partial charge in [-0.05, 0) is 6.92 Å². The molecule has 0 radical (unpaired) electrons. The second kappa shape index (κ2) is 4.54. The molecule has 1 unspecified atom stereocenters. The van der Waals surface area contributed by atoms with Gasteiger partial charge in [0.1, 0.15) is 12.2 Å². The molecule has 1 aromatic heterocycles. The Kier molecular flexibility index (Phi) is 3.37. The molecule has 1 aromatic rings. The van der Waals surface area contributed by atoms with Gasteiger partial charge in [0.25, 0.3) is 0 Å². The van der Waals surface area contributed by atoms with Crippen molar-refractivity contribution in [2.75, 3.05) is 0 Å². The second-order valence-electron chi connectivity index (χ2n) is 3.14. The summed E-state index contributed by atoms with van der Waals surface area (Å²) < 4.78 is 1.64. The second-order valence-corrected chi connectivity index (χ2v) is 3.14. The molecule has 1 atom stereocenters. The number of aromatic nitrogens is 3. The monoisotopic (exact) mass is 212 g/mol. The Hall–Kier alpha value is -1.92. The highest BCUT2D eigenvalue weighted by Crippen LogP contribution is 1.96. The van der Waals surface area contributed by atoms with Crippen molar-refractivity contribution in [2.45, 2.75) is 13.5 Å². The maximum absolute atomic E-state index is 11.2. The van der Waals surface area contributed by atoms with E-state index in [0.717, 1.165) is 0 Å². The number of carboxylic acids is 1. The molecule has 1 amide bonds. The van der Waals surface area contributed by atoms with Crippen molar-refractivity contribution in [3.05, 3.63) is 12.2 Å². The van der Waals surface area contributed by atoms with Crippen molar-refractivity contribution >= 4 is 11.9 Å². The van der Waals surface area contributed by atoms with Crippen molar-refractivity contribution in [3.8, 4) is 0 Å². The molecule has 0 spiro atoms. The number of carbonyl (C=O) groups is 2. The van der Waals surface area contributed by atoms with Gasteiger partial charge in [0, 0.05) is 7.05 Å². The smallest absolute Gasteiger partial charge is 0.315 e. The van der Waals surface area contributed by atoms with Crippen LogP contribution in [0.15, 0.2) is 6.33 Å². The molecule has 7 heteroatoms. The average molecular weight is 212 g/mol. The molecule has 0 bridgehead atoms. The maximum Gasteiger partial charge on any atom is 0.315 e. The Bertz CT molecular complexity index is 374. The van der Waals surface area contributed by atoms with Gasteiger partial charge in [-0.15, -0.1) is 10.2 Å². The minimum Gasteiger partial charge on any atom is -0.481 e. The normalized spacial score (nSPS) is 12.1. The first-order chi connectivity index (χ1) is 7.02.